The van der Waals surface area contributed by atoms with E-state index in [1.807, 2.05) is 30.0 Å². The summed E-state index contributed by atoms with van der Waals surface area (Å²) in [7, 11) is 0. The SMILES string of the molecule is CCC(Cl)C(=O)c1ccc2c(c1)CCN2C(=O)C1CCCCC1. The molecule has 0 radical (unpaired) electrons. The lowest BCUT2D eigenvalue weighted by atomic mass is 9.88. The Hall–Kier alpha value is -1.35. The van der Waals surface area contributed by atoms with Crippen molar-refractivity contribution in [1.29, 1.82) is 0 Å². The molecule has 0 aromatic heterocycles. The van der Waals surface area contributed by atoms with Crippen LogP contribution in [0.1, 0.15) is 61.4 Å². The number of alkyl halides is 1. The fourth-order valence-corrected chi connectivity index (χ4v) is 3.85. The summed E-state index contributed by atoms with van der Waals surface area (Å²) in [6, 6.07) is 5.67. The number of ketones is 1. The molecule has 1 fully saturated rings. The second-order valence-electron chi connectivity index (χ2n) is 6.66. The van der Waals surface area contributed by atoms with Crippen LogP contribution in [0.2, 0.25) is 0 Å². The molecule has 1 aliphatic carbocycles. The van der Waals surface area contributed by atoms with Crippen molar-refractivity contribution in [2.24, 2.45) is 5.92 Å². The molecule has 1 aromatic carbocycles. The van der Waals surface area contributed by atoms with E-state index in [2.05, 4.69) is 0 Å². The molecule has 0 N–H and O–H groups in total. The molecule has 124 valence electrons. The molecule has 1 unspecified atom stereocenters. The maximum Gasteiger partial charge on any atom is 0.230 e. The fourth-order valence-electron chi connectivity index (χ4n) is 3.72. The standard InChI is InChI=1S/C19H24ClNO2/c1-2-16(20)18(22)15-8-9-17-14(12-15)10-11-21(17)19(23)13-6-4-3-5-7-13/h8-9,12-13,16H,2-7,10-11H2,1H3. The number of anilines is 1. The topological polar surface area (TPSA) is 37.4 Å². The normalized spacial score (nSPS) is 19.5. The summed E-state index contributed by atoms with van der Waals surface area (Å²) < 4.78 is 0. The quantitative estimate of drug-likeness (QED) is 0.606. The average molecular weight is 334 g/mol. The van der Waals surface area contributed by atoms with Gasteiger partial charge in [0.2, 0.25) is 5.91 Å². The van der Waals surface area contributed by atoms with E-state index in [9.17, 15) is 9.59 Å². The highest BCUT2D eigenvalue weighted by molar-refractivity contribution is 6.33. The van der Waals surface area contributed by atoms with Crippen molar-refractivity contribution in [1.82, 2.24) is 0 Å². The first-order valence-corrected chi connectivity index (χ1v) is 9.18. The van der Waals surface area contributed by atoms with Gasteiger partial charge in [0.15, 0.2) is 5.78 Å². The Bertz CT molecular complexity index is 607. The van der Waals surface area contributed by atoms with E-state index in [-0.39, 0.29) is 17.6 Å². The molecule has 1 saturated carbocycles. The highest BCUT2D eigenvalue weighted by Crippen LogP contribution is 2.33. The van der Waals surface area contributed by atoms with Crippen LogP contribution in [0.25, 0.3) is 0 Å². The smallest absolute Gasteiger partial charge is 0.230 e. The number of fused-ring (bicyclic) bond motifs is 1. The van der Waals surface area contributed by atoms with E-state index in [1.54, 1.807) is 0 Å². The molecular formula is C19H24ClNO2. The summed E-state index contributed by atoms with van der Waals surface area (Å²) in [5.74, 6) is 0.434. The molecule has 1 aromatic rings. The maximum atomic E-state index is 12.8. The van der Waals surface area contributed by atoms with Gasteiger partial charge >= 0.3 is 0 Å². The Kier molecular flexibility index (Phi) is 5.05. The molecule has 0 bridgehead atoms. The number of rotatable bonds is 4. The van der Waals surface area contributed by atoms with Gasteiger partial charge in [-0.3, -0.25) is 9.59 Å². The number of hydrogen-bond donors (Lipinski definition) is 0. The molecule has 1 heterocycles. The van der Waals surface area contributed by atoms with E-state index >= 15 is 0 Å². The van der Waals surface area contributed by atoms with Gasteiger partial charge in [0.25, 0.3) is 0 Å². The molecule has 3 rings (SSSR count). The summed E-state index contributed by atoms with van der Waals surface area (Å²) in [5, 5.41) is -0.463. The van der Waals surface area contributed by atoms with E-state index in [4.69, 9.17) is 11.6 Å². The molecule has 0 saturated heterocycles. The van der Waals surface area contributed by atoms with Gasteiger partial charge < -0.3 is 4.90 Å². The van der Waals surface area contributed by atoms with Crippen LogP contribution in [0.15, 0.2) is 18.2 Å². The summed E-state index contributed by atoms with van der Waals surface area (Å²) in [6.07, 6.45) is 7.08. The van der Waals surface area contributed by atoms with Gasteiger partial charge in [0, 0.05) is 23.7 Å². The van der Waals surface area contributed by atoms with Gasteiger partial charge in [-0.05, 0) is 49.4 Å². The van der Waals surface area contributed by atoms with Gasteiger partial charge in [-0.2, -0.15) is 0 Å². The van der Waals surface area contributed by atoms with E-state index in [0.29, 0.717) is 12.0 Å². The van der Waals surface area contributed by atoms with Gasteiger partial charge in [0.1, 0.15) is 0 Å². The highest BCUT2D eigenvalue weighted by atomic mass is 35.5. The molecule has 0 spiro atoms. The number of benzene rings is 1. The number of carbonyl (C=O) groups excluding carboxylic acids is 2. The molecule has 4 heteroatoms. The van der Waals surface area contributed by atoms with Crippen molar-refractivity contribution in [3.63, 3.8) is 0 Å². The molecule has 1 atom stereocenters. The van der Waals surface area contributed by atoms with E-state index in [1.165, 1.54) is 19.3 Å². The third kappa shape index (κ3) is 3.30. The van der Waals surface area contributed by atoms with Crippen LogP contribution in [0.4, 0.5) is 5.69 Å². The van der Waals surface area contributed by atoms with Crippen molar-refractivity contribution < 1.29 is 9.59 Å². The second kappa shape index (κ2) is 7.04. The molecule has 1 amide bonds. The Balaban J connectivity index is 1.78. The van der Waals surface area contributed by atoms with E-state index in [0.717, 1.165) is 37.1 Å². The Labute approximate surface area is 143 Å². The molecule has 1 aliphatic heterocycles. The Morgan fingerprint density at radius 3 is 2.70 bits per heavy atom. The minimum Gasteiger partial charge on any atom is -0.312 e. The van der Waals surface area contributed by atoms with Crippen LogP contribution in [0, 0.1) is 5.92 Å². The fraction of sp³-hybridized carbons (Fsp3) is 0.579. The first-order valence-electron chi connectivity index (χ1n) is 8.74. The van der Waals surface area contributed by atoms with Crippen molar-refractivity contribution in [3.8, 4) is 0 Å². The van der Waals surface area contributed by atoms with Crippen LogP contribution in [0.5, 0.6) is 0 Å². The molecule has 2 aliphatic rings. The molecular weight excluding hydrogens is 310 g/mol. The summed E-state index contributed by atoms with van der Waals surface area (Å²) in [5.41, 5.74) is 2.75. The van der Waals surface area contributed by atoms with Gasteiger partial charge in [0.05, 0.1) is 5.38 Å². The predicted molar refractivity (Wildman–Crippen MR) is 93.3 cm³/mol. The van der Waals surface area contributed by atoms with E-state index < -0.39 is 5.38 Å². The summed E-state index contributed by atoms with van der Waals surface area (Å²) >= 11 is 6.07. The highest BCUT2D eigenvalue weighted by Gasteiger charge is 2.31. The number of amides is 1. The zero-order chi connectivity index (χ0) is 16.4. The largest absolute Gasteiger partial charge is 0.312 e. The van der Waals surface area contributed by atoms with Gasteiger partial charge in [-0.1, -0.05) is 26.2 Å². The summed E-state index contributed by atoms with van der Waals surface area (Å²) in [6.45, 7) is 2.65. The lowest BCUT2D eigenvalue weighted by Gasteiger charge is -2.26. The van der Waals surface area contributed by atoms with Crippen LogP contribution in [-0.2, 0) is 11.2 Å². The van der Waals surface area contributed by atoms with Crippen LogP contribution in [-0.4, -0.2) is 23.6 Å². The van der Waals surface area contributed by atoms with Crippen molar-refractivity contribution in [2.45, 2.75) is 57.2 Å². The predicted octanol–water partition coefficient (Wildman–Crippen LogP) is 4.36. The summed E-state index contributed by atoms with van der Waals surface area (Å²) in [4.78, 5) is 26.9. The minimum atomic E-state index is -0.463. The second-order valence-corrected chi connectivity index (χ2v) is 7.19. The Morgan fingerprint density at radius 2 is 2.00 bits per heavy atom. The first-order chi connectivity index (χ1) is 11.1. The van der Waals surface area contributed by atoms with Crippen LogP contribution >= 0.6 is 11.6 Å². The van der Waals surface area contributed by atoms with Gasteiger partial charge in [-0.25, -0.2) is 0 Å². The van der Waals surface area contributed by atoms with Crippen LogP contribution < -0.4 is 4.90 Å². The number of Topliss-reactive ketones (excluding diaryl/α,β-unsaturated/α-hetero) is 1. The van der Waals surface area contributed by atoms with Crippen molar-refractivity contribution in [3.05, 3.63) is 29.3 Å². The number of nitrogens with zero attached hydrogens (tertiary/aromatic N) is 1. The molecule has 23 heavy (non-hydrogen) atoms. The molecule has 3 nitrogen and oxygen atoms in total. The lowest BCUT2D eigenvalue weighted by molar-refractivity contribution is -0.123. The Morgan fingerprint density at radius 1 is 1.26 bits per heavy atom. The minimum absolute atomic E-state index is 0.0194. The maximum absolute atomic E-state index is 12.8. The first kappa shape index (κ1) is 16.5. The monoisotopic (exact) mass is 333 g/mol. The van der Waals surface area contributed by atoms with Gasteiger partial charge in [-0.15, -0.1) is 11.6 Å². The number of halogens is 1. The third-order valence-electron chi connectivity index (χ3n) is 5.12. The van der Waals surface area contributed by atoms with Crippen molar-refractivity contribution in [2.75, 3.05) is 11.4 Å². The number of hydrogen-bond acceptors (Lipinski definition) is 2. The van der Waals surface area contributed by atoms with Crippen molar-refractivity contribution >= 4 is 29.0 Å². The number of carbonyl (C=O) groups is 2. The zero-order valence-corrected chi connectivity index (χ0v) is 14.4. The third-order valence-corrected chi connectivity index (χ3v) is 5.63. The average Bonchev–Trinajstić information content (AvgIpc) is 3.03. The van der Waals surface area contributed by atoms with Crippen LogP contribution in [0.3, 0.4) is 0 Å². The zero-order valence-electron chi connectivity index (χ0n) is 13.7. The lowest BCUT2D eigenvalue weighted by Crippen LogP contribution is -2.35.